The number of hydrogen-bond acceptors (Lipinski definition) is 8. The largest absolute Gasteiger partial charge is 0.382 e. The zero-order valence-corrected chi connectivity index (χ0v) is 18.3. The summed E-state index contributed by atoms with van der Waals surface area (Å²) in [6.07, 6.45) is 8.92. The van der Waals surface area contributed by atoms with Crippen LogP contribution in [0, 0.1) is 5.92 Å². The van der Waals surface area contributed by atoms with E-state index < -0.39 is 7.60 Å². The number of aromatic nitrogens is 4. The zero-order valence-electron chi connectivity index (χ0n) is 17.4. The van der Waals surface area contributed by atoms with E-state index >= 15 is 0 Å². The highest BCUT2D eigenvalue weighted by molar-refractivity contribution is 7.53. The number of rotatable bonds is 11. The maximum absolute atomic E-state index is 12.6. The summed E-state index contributed by atoms with van der Waals surface area (Å²) in [5, 5.41) is 0. The van der Waals surface area contributed by atoms with Gasteiger partial charge in [0.15, 0.2) is 17.0 Å². The number of anilines is 1. The van der Waals surface area contributed by atoms with Gasteiger partial charge in [0, 0.05) is 6.54 Å². The predicted molar refractivity (Wildman–Crippen MR) is 111 cm³/mol. The van der Waals surface area contributed by atoms with Crippen LogP contribution >= 0.6 is 7.60 Å². The quantitative estimate of drug-likeness (QED) is 0.535. The van der Waals surface area contributed by atoms with Gasteiger partial charge in [0.05, 0.1) is 13.2 Å². The van der Waals surface area contributed by atoms with Crippen molar-refractivity contribution >= 4 is 24.6 Å². The van der Waals surface area contributed by atoms with E-state index in [1.165, 1.54) is 38.4 Å². The second kappa shape index (κ2) is 10.5. The van der Waals surface area contributed by atoms with Crippen LogP contribution in [0.1, 0.15) is 58.2 Å². The van der Waals surface area contributed by atoms with Crippen molar-refractivity contribution < 1.29 is 18.3 Å². The fraction of sp³-hybridized carbons (Fsp3) is 0.737. The summed E-state index contributed by atoms with van der Waals surface area (Å²) in [5.41, 5.74) is 7.29. The minimum absolute atomic E-state index is 0.123. The van der Waals surface area contributed by atoms with Crippen LogP contribution in [0.15, 0.2) is 6.33 Å². The Morgan fingerprint density at radius 2 is 1.90 bits per heavy atom. The average Bonchev–Trinajstić information content (AvgIpc) is 3.06. The van der Waals surface area contributed by atoms with Gasteiger partial charge in [-0.15, -0.1) is 0 Å². The van der Waals surface area contributed by atoms with Crippen LogP contribution in [0.4, 0.5) is 5.82 Å². The van der Waals surface area contributed by atoms with Gasteiger partial charge in [-0.3, -0.25) is 4.57 Å². The van der Waals surface area contributed by atoms with Crippen molar-refractivity contribution in [3.05, 3.63) is 12.2 Å². The second-order valence-corrected chi connectivity index (χ2v) is 9.32. The van der Waals surface area contributed by atoms with Crippen LogP contribution < -0.4 is 5.73 Å². The second-order valence-electron chi connectivity index (χ2n) is 7.33. The van der Waals surface area contributed by atoms with E-state index in [2.05, 4.69) is 15.0 Å². The average molecular weight is 425 g/mol. The molecule has 2 N–H and O–H groups in total. The Hall–Kier alpha value is -1.54. The first-order valence-corrected chi connectivity index (χ1v) is 12.2. The van der Waals surface area contributed by atoms with Gasteiger partial charge in [0.25, 0.3) is 0 Å². The smallest absolute Gasteiger partial charge is 0.356 e. The third kappa shape index (κ3) is 5.75. The van der Waals surface area contributed by atoms with E-state index in [-0.39, 0.29) is 13.0 Å². The highest BCUT2D eigenvalue weighted by atomic mass is 31.2. The van der Waals surface area contributed by atoms with E-state index in [1.807, 2.05) is 4.57 Å². The number of ether oxygens (including phenoxy) is 1. The number of nitrogen functional groups attached to an aromatic ring is 1. The molecule has 10 heteroatoms. The van der Waals surface area contributed by atoms with Crippen LogP contribution in [0.3, 0.4) is 0 Å². The predicted octanol–water partition coefficient (Wildman–Crippen LogP) is 4.12. The molecule has 0 amide bonds. The molecule has 0 atom stereocenters. The van der Waals surface area contributed by atoms with Gasteiger partial charge < -0.3 is 24.1 Å². The van der Waals surface area contributed by atoms with E-state index in [4.69, 9.17) is 19.5 Å². The van der Waals surface area contributed by atoms with Crippen LogP contribution in [-0.2, 0) is 31.5 Å². The van der Waals surface area contributed by atoms with Crippen molar-refractivity contribution in [3.63, 3.8) is 0 Å². The summed E-state index contributed by atoms with van der Waals surface area (Å²) >= 11 is 0. The molecular weight excluding hydrogens is 393 g/mol. The normalized spacial score (nSPS) is 15.9. The molecule has 2 heterocycles. The fourth-order valence-electron chi connectivity index (χ4n) is 3.89. The number of aryl methyl sites for hydroxylation is 1. The molecule has 0 unspecified atom stereocenters. The number of imidazole rings is 1. The third-order valence-electron chi connectivity index (χ3n) is 5.26. The Kier molecular flexibility index (Phi) is 8.00. The topological polar surface area (TPSA) is 114 Å². The summed E-state index contributed by atoms with van der Waals surface area (Å²) in [6.45, 7) is 5.12. The van der Waals surface area contributed by atoms with E-state index in [1.54, 1.807) is 13.8 Å². The monoisotopic (exact) mass is 425 g/mol. The van der Waals surface area contributed by atoms with Gasteiger partial charge in [-0.2, -0.15) is 0 Å². The van der Waals surface area contributed by atoms with Crippen molar-refractivity contribution in [3.8, 4) is 0 Å². The summed E-state index contributed by atoms with van der Waals surface area (Å²) in [7, 11) is -3.26. The molecule has 0 aromatic carbocycles. The Labute approximate surface area is 171 Å². The SMILES string of the molecule is CCOP(=O)(COCc1nc2c(N)ncnc2n1CCC1CCCCC1)OCC. The van der Waals surface area contributed by atoms with Gasteiger partial charge in [-0.05, 0) is 26.2 Å². The lowest BCUT2D eigenvalue weighted by Crippen LogP contribution is -2.13. The molecule has 2 aromatic heterocycles. The summed E-state index contributed by atoms with van der Waals surface area (Å²) < 4.78 is 30.9. The fourth-order valence-corrected chi connectivity index (χ4v) is 5.21. The minimum Gasteiger partial charge on any atom is -0.382 e. The van der Waals surface area contributed by atoms with E-state index in [0.29, 0.717) is 36.0 Å². The summed E-state index contributed by atoms with van der Waals surface area (Å²) in [6, 6.07) is 0. The van der Waals surface area contributed by atoms with Crippen molar-refractivity contribution in [2.75, 3.05) is 25.3 Å². The Bertz CT molecular complexity index is 827. The van der Waals surface area contributed by atoms with Crippen LogP contribution in [0.5, 0.6) is 0 Å². The van der Waals surface area contributed by atoms with Crippen LogP contribution in [-0.4, -0.2) is 39.1 Å². The van der Waals surface area contributed by atoms with Crippen LogP contribution in [0.2, 0.25) is 0 Å². The molecule has 1 fully saturated rings. The molecule has 1 aliphatic rings. The summed E-state index contributed by atoms with van der Waals surface area (Å²) in [5.74, 6) is 1.77. The molecule has 0 saturated heterocycles. The number of fused-ring (bicyclic) bond motifs is 1. The number of nitrogens with zero attached hydrogens (tertiary/aromatic N) is 4. The minimum atomic E-state index is -3.26. The molecule has 3 rings (SSSR count). The van der Waals surface area contributed by atoms with Gasteiger partial charge in [0.1, 0.15) is 25.1 Å². The Morgan fingerprint density at radius 3 is 2.59 bits per heavy atom. The highest BCUT2D eigenvalue weighted by Gasteiger charge is 2.25. The van der Waals surface area contributed by atoms with E-state index in [0.717, 1.165) is 18.9 Å². The summed E-state index contributed by atoms with van der Waals surface area (Å²) in [4.78, 5) is 13.0. The molecule has 2 aromatic rings. The Morgan fingerprint density at radius 1 is 1.17 bits per heavy atom. The van der Waals surface area contributed by atoms with Crippen molar-refractivity contribution in [1.82, 2.24) is 19.5 Å². The zero-order chi connectivity index (χ0) is 20.7. The molecule has 0 aliphatic heterocycles. The molecule has 162 valence electrons. The number of hydrogen-bond donors (Lipinski definition) is 1. The van der Waals surface area contributed by atoms with Crippen molar-refractivity contribution in [1.29, 1.82) is 0 Å². The van der Waals surface area contributed by atoms with Gasteiger partial charge in [-0.25, -0.2) is 15.0 Å². The highest BCUT2D eigenvalue weighted by Crippen LogP contribution is 2.48. The van der Waals surface area contributed by atoms with E-state index in [9.17, 15) is 4.57 Å². The van der Waals surface area contributed by atoms with Gasteiger partial charge in [0.2, 0.25) is 0 Å². The Balaban J connectivity index is 1.73. The molecule has 9 nitrogen and oxygen atoms in total. The first-order valence-electron chi connectivity index (χ1n) is 10.5. The molecule has 1 saturated carbocycles. The van der Waals surface area contributed by atoms with Gasteiger partial charge in [-0.1, -0.05) is 32.1 Å². The first kappa shape index (κ1) is 22.2. The maximum atomic E-state index is 12.6. The first-order chi connectivity index (χ1) is 14.1. The molecule has 29 heavy (non-hydrogen) atoms. The van der Waals surface area contributed by atoms with Gasteiger partial charge >= 0.3 is 7.60 Å². The number of nitrogens with two attached hydrogens (primary N) is 1. The molecule has 0 spiro atoms. The lowest BCUT2D eigenvalue weighted by Gasteiger charge is -2.22. The lowest BCUT2D eigenvalue weighted by atomic mass is 9.87. The maximum Gasteiger partial charge on any atom is 0.356 e. The lowest BCUT2D eigenvalue weighted by molar-refractivity contribution is 0.117. The molecular formula is C19H32N5O4P. The van der Waals surface area contributed by atoms with Crippen molar-refractivity contribution in [2.45, 2.75) is 65.5 Å². The standard InChI is InChI=1S/C19H32N5O4P/c1-3-27-29(25,28-4-2)14-26-12-16-23-17-18(20)21-13-22-19(17)24(16)11-10-15-8-6-5-7-9-15/h13,15H,3-12,14H2,1-2H3,(H2,20,21,22). The molecule has 0 bridgehead atoms. The van der Waals surface area contributed by atoms with Crippen LogP contribution in [0.25, 0.3) is 11.2 Å². The molecule has 0 radical (unpaired) electrons. The van der Waals surface area contributed by atoms with Crippen molar-refractivity contribution in [2.24, 2.45) is 5.92 Å². The third-order valence-corrected chi connectivity index (χ3v) is 7.06. The molecule has 1 aliphatic carbocycles.